The Morgan fingerprint density at radius 3 is 2.53 bits per heavy atom. The molecular weight excluding hydrogens is 212 g/mol. The minimum absolute atomic E-state index is 0.317. The van der Waals surface area contributed by atoms with E-state index in [0.29, 0.717) is 17.2 Å². The van der Waals surface area contributed by atoms with Crippen LogP contribution in [0.4, 0.5) is 0 Å². The van der Waals surface area contributed by atoms with Crippen LogP contribution in [-0.2, 0) is 5.88 Å². The van der Waals surface area contributed by atoms with E-state index in [2.05, 4.69) is 0 Å². The average molecular weight is 227 g/mol. The van der Waals surface area contributed by atoms with E-state index in [1.54, 1.807) is 6.07 Å². The summed E-state index contributed by atoms with van der Waals surface area (Å²) in [5.41, 5.74) is 1.18. The van der Waals surface area contributed by atoms with Gasteiger partial charge in [0, 0.05) is 5.88 Å². The molecule has 0 aliphatic carbocycles. The Hall–Kier alpha value is -1.02. The molecule has 3 heteroatoms. The van der Waals surface area contributed by atoms with Gasteiger partial charge in [-0.05, 0) is 38.5 Å². The molecule has 0 unspecified atom stereocenters. The van der Waals surface area contributed by atoms with Crippen molar-refractivity contribution in [2.75, 3.05) is 0 Å². The standard InChI is InChI=1S/C12H15ClO2/c1-12(2,3)15-11-6-9(7-13)4-5-10(11)8-14/h4-6,8H,7H2,1-3H3. The Bertz CT molecular complexity index is 353. The van der Waals surface area contributed by atoms with Crippen LogP contribution in [0.1, 0.15) is 36.7 Å². The van der Waals surface area contributed by atoms with Crippen molar-refractivity contribution in [1.29, 1.82) is 0 Å². The van der Waals surface area contributed by atoms with Crippen molar-refractivity contribution in [2.45, 2.75) is 32.3 Å². The van der Waals surface area contributed by atoms with Crippen LogP contribution >= 0.6 is 11.6 Å². The van der Waals surface area contributed by atoms with Crippen molar-refractivity contribution in [3.05, 3.63) is 29.3 Å². The van der Waals surface area contributed by atoms with Gasteiger partial charge in [-0.2, -0.15) is 0 Å². The van der Waals surface area contributed by atoms with Crippen LogP contribution in [0.5, 0.6) is 5.75 Å². The van der Waals surface area contributed by atoms with Gasteiger partial charge in [-0.25, -0.2) is 0 Å². The van der Waals surface area contributed by atoms with Gasteiger partial charge < -0.3 is 4.74 Å². The van der Waals surface area contributed by atoms with E-state index in [1.807, 2.05) is 32.9 Å². The van der Waals surface area contributed by atoms with Gasteiger partial charge in [0.05, 0.1) is 5.56 Å². The summed E-state index contributed by atoms with van der Waals surface area (Å²) in [5, 5.41) is 0. The first-order chi connectivity index (χ1) is 6.96. The summed E-state index contributed by atoms with van der Waals surface area (Å²) >= 11 is 5.72. The molecule has 82 valence electrons. The van der Waals surface area contributed by atoms with Crippen LogP contribution in [0.2, 0.25) is 0 Å². The average Bonchev–Trinajstić information content (AvgIpc) is 2.15. The topological polar surface area (TPSA) is 26.3 Å². The normalized spacial score (nSPS) is 11.2. The smallest absolute Gasteiger partial charge is 0.153 e. The zero-order chi connectivity index (χ0) is 11.5. The zero-order valence-corrected chi connectivity index (χ0v) is 9.97. The molecule has 1 rings (SSSR count). The van der Waals surface area contributed by atoms with Crippen LogP contribution in [-0.4, -0.2) is 11.9 Å². The Morgan fingerprint density at radius 1 is 1.40 bits per heavy atom. The van der Waals surface area contributed by atoms with Gasteiger partial charge in [-0.3, -0.25) is 4.79 Å². The van der Waals surface area contributed by atoms with E-state index in [4.69, 9.17) is 16.3 Å². The highest BCUT2D eigenvalue weighted by Gasteiger charge is 2.14. The lowest BCUT2D eigenvalue weighted by atomic mass is 10.1. The summed E-state index contributed by atoms with van der Waals surface area (Å²) < 4.78 is 5.68. The number of rotatable bonds is 3. The molecule has 0 fully saturated rings. The number of carbonyl (C=O) groups excluding carboxylic acids is 1. The largest absolute Gasteiger partial charge is 0.487 e. The van der Waals surface area contributed by atoms with E-state index < -0.39 is 0 Å². The van der Waals surface area contributed by atoms with Gasteiger partial charge in [-0.1, -0.05) is 6.07 Å². The number of aldehydes is 1. The molecule has 15 heavy (non-hydrogen) atoms. The van der Waals surface area contributed by atoms with E-state index in [0.717, 1.165) is 11.8 Å². The molecule has 0 aliphatic heterocycles. The van der Waals surface area contributed by atoms with E-state index in [9.17, 15) is 4.79 Å². The van der Waals surface area contributed by atoms with E-state index >= 15 is 0 Å². The van der Waals surface area contributed by atoms with Crippen molar-refractivity contribution < 1.29 is 9.53 Å². The van der Waals surface area contributed by atoms with Gasteiger partial charge in [-0.15, -0.1) is 11.6 Å². The van der Waals surface area contributed by atoms with Crippen LogP contribution in [0.15, 0.2) is 18.2 Å². The second kappa shape index (κ2) is 4.67. The van der Waals surface area contributed by atoms with Gasteiger partial charge in [0.2, 0.25) is 0 Å². The summed E-state index contributed by atoms with van der Waals surface area (Å²) in [7, 11) is 0. The van der Waals surface area contributed by atoms with Gasteiger partial charge in [0.25, 0.3) is 0 Å². The number of benzene rings is 1. The highest BCUT2D eigenvalue weighted by Crippen LogP contribution is 2.24. The first-order valence-corrected chi connectivity index (χ1v) is 5.33. The van der Waals surface area contributed by atoms with Crippen LogP contribution in [0.3, 0.4) is 0 Å². The molecule has 0 heterocycles. The van der Waals surface area contributed by atoms with Crippen molar-refractivity contribution in [1.82, 2.24) is 0 Å². The molecule has 1 aromatic rings. The minimum atomic E-state index is -0.317. The predicted octanol–water partition coefficient (Wildman–Crippen LogP) is 3.42. The van der Waals surface area contributed by atoms with Crippen LogP contribution in [0.25, 0.3) is 0 Å². The molecule has 0 bridgehead atoms. The molecule has 0 saturated carbocycles. The van der Waals surface area contributed by atoms with Crippen molar-refractivity contribution >= 4 is 17.9 Å². The maximum Gasteiger partial charge on any atom is 0.153 e. The maximum atomic E-state index is 10.8. The SMILES string of the molecule is CC(C)(C)Oc1cc(CCl)ccc1C=O. The number of hydrogen-bond acceptors (Lipinski definition) is 2. The molecule has 0 aromatic heterocycles. The lowest BCUT2D eigenvalue weighted by molar-refractivity contribution is 0.109. The summed E-state index contributed by atoms with van der Waals surface area (Å²) in [6.45, 7) is 5.82. The number of hydrogen-bond donors (Lipinski definition) is 0. The highest BCUT2D eigenvalue weighted by molar-refractivity contribution is 6.17. The van der Waals surface area contributed by atoms with Crippen LogP contribution < -0.4 is 4.74 Å². The highest BCUT2D eigenvalue weighted by atomic mass is 35.5. The van der Waals surface area contributed by atoms with Gasteiger partial charge >= 0.3 is 0 Å². The summed E-state index contributed by atoms with van der Waals surface area (Å²) in [5.74, 6) is 1.01. The van der Waals surface area contributed by atoms with E-state index in [-0.39, 0.29) is 5.60 Å². The molecule has 0 radical (unpaired) electrons. The summed E-state index contributed by atoms with van der Waals surface area (Å²) in [6, 6.07) is 5.36. The van der Waals surface area contributed by atoms with Crippen molar-refractivity contribution in [3.8, 4) is 5.75 Å². The Labute approximate surface area is 95.2 Å². The molecule has 0 aliphatic rings. The number of carbonyl (C=O) groups is 1. The quantitative estimate of drug-likeness (QED) is 0.583. The van der Waals surface area contributed by atoms with Crippen LogP contribution in [0, 0.1) is 0 Å². The monoisotopic (exact) mass is 226 g/mol. The molecule has 0 saturated heterocycles. The second-order valence-corrected chi connectivity index (χ2v) is 4.61. The first-order valence-electron chi connectivity index (χ1n) is 4.79. The molecule has 0 N–H and O–H groups in total. The van der Waals surface area contributed by atoms with Crippen molar-refractivity contribution in [2.24, 2.45) is 0 Å². The fraction of sp³-hybridized carbons (Fsp3) is 0.417. The van der Waals surface area contributed by atoms with Crippen molar-refractivity contribution in [3.63, 3.8) is 0 Å². The third-order valence-electron chi connectivity index (χ3n) is 1.78. The predicted molar refractivity (Wildman–Crippen MR) is 61.8 cm³/mol. The minimum Gasteiger partial charge on any atom is -0.487 e. The molecule has 0 spiro atoms. The lowest BCUT2D eigenvalue weighted by Crippen LogP contribution is -2.23. The third kappa shape index (κ3) is 3.56. The fourth-order valence-electron chi connectivity index (χ4n) is 1.18. The second-order valence-electron chi connectivity index (χ2n) is 4.34. The molecule has 0 atom stereocenters. The fourth-order valence-corrected chi connectivity index (χ4v) is 1.34. The summed E-state index contributed by atoms with van der Waals surface area (Å²) in [6.07, 6.45) is 0.791. The summed E-state index contributed by atoms with van der Waals surface area (Å²) in [4.78, 5) is 10.8. The molecule has 0 amide bonds. The van der Waals surface area contributed by atoms with Gasteiger partial charge in [0.15, 0.2) is 6.29 Å². The Kier molecular flexibility index (Phi) is 3.75. The number of halogens is 1. The zero-order valence-electron chi connectivity index (χ0n) is 9.21. The van der Waals surface area contributed by atoms with E-state index in [1.165, 1.54) is 0 Å². The maximum absolute atomic E-state index is 10.8. The number of ether oxygens (including phenoxy) is 1. The third-order valence-corrected chi connectivity index (χ3v) is 2.08. The Morgan fingerprint density at radius 2 is 2.07 bits per heavy atom. The lowest BCUT2D eigenvalue weighted by Gasteiger charge is -2.22. The molecule has 2 nitrogen and oxygen atoms in total. The Balaban J connectivity index is 3.06. The molecular formula is C12H15ClO2. The van der Waals surface area contributed by atoms with Gasteiger partial charge in [0.1, 0.15) is 11.4 Å². The first kappa shape index (κ1) is 12.1. The molecule has 1 aromatic carbocycles. The number of alkyl halides is 1.